The number of para-hydroxylation sites is 2. The van der Waals surface area contributed by atoms with Crippen LogP contribution in [0.25, 0.3) is 27.6 Å². The Hall–Kier alpha value is -4.96. The first-order valence-corrected chi connectivity index (χ1v) is 14.6. The van der Waals surface area contributed by atoms with Crippen molar-refractivity contribution in [3.05, 3.63) is 121 Å². The highest BCUT2D eigenvalue weighted by molar-refractivity contribution is 6.10. The van der Waals surface area contributed by atoms with Crippen LogP contribution in [0.3, 0.4) is 0 Å². The summed E-state index contributed by atoms with van der Waals surface area (Å²) in [7, 11) is 2.27. The van der Waals surface area contributed by atoms with Crippen LogP contribution in [0.2, 0.25) is 0 Å². The standard InChI is InChI=1S/C37H32N5O/c1-37(2,3)26-16-17-39-36(19-26)40-32-15-12-25(22-38)18-31(32)30-14-13-29(21-33(30)40)43-28-9-7-8-27(20-28)42-23-41(4,24-42)34-10-5-6-11-35(34)42/h5-21,23H,24H2,1-4H3/q+1/t41-,42+/m0/s1. The van der Waals surface area contributed by atoms with E-state index in [9.17, 15) is 5.26 Å². The number of aromatic nitrogens is 2. The number of nitrogens with zero attached hydrogens (tertiary/aromatic N) is 5. The average Bonchev–Trinajstić information content (AvgIpc) is 3.55. The molecule has 9 rings (SSSR count). The highest BCUT2D eigenvalue weighted by Gasteiger charge is 2.59. The van der Waals surface area contributed by atoms with Gasteiger partial charge in [-0.25, -0.2) is 4.98 Å². The quantitative estimate of drug-likeness (QED) is 0.159. The third-order valence-electron chi connectivity index (χ3n) is 9.05. The lowest BCUT2D eigenvalue weighted by molar-refractivity contribution is 0.157. The van der Waals surface area contributed by atoms with E-state index in [-0.39, 0.29) is 5.41 Å². The second kappa shape index (κ2) is 8.78. The van der Waals surface area contributed by atoms with Crippen molar-refractivity contribution in [3.8, 4) is 23.4 Å². The molecule has 0 saturated carbocycles. The molecule has 0 amide bonds. The Morgan fingerprint density at radius 2 is 1.63 bits per heavy atom. The summed E-state index contributed by atoms with van der Waals surface area (Å²) >= 11 is 0. The molecule has 5 heterocycles. The van der Waals surface area contributed by atoms with E-state index in [1.54, 1.807) is 0 Å². The van der Waals surface area contributed by atoms with Gasteiger partial charge in [-0.2, -0.15) is 5.26 Å². The van der Waals surface area contributed by atoms with E-state index in [4.69, 9.17) is 9.72 Å². The lowest BCUT2D eigenvalue weighted by atomic mass is 9.88. The van der Waals surface area contributed by atoms with E-state index in [0.29, 0.717) is 5.56 Å². The number of hydrogen-bond donors (Lipinski definition) is 0. The van der Waals surface area contributed by atoms with Crippen molar-refractivity contribution >= 4 is 38.9 Å². The van der Waals surface area contributed by atoms with Gasteiger partial charge in [-0.3, -0.25) is 9.05 Å². The summed E-state index contributed by atoms with van der Waals surface area (Å²) in [6.07, 6.45) is 1.88. The van der Waals surface area contributed by atoms with E-state index in [1.165, 1.54) is 22.6 Å². The third kappa shape index (κ3) is 3.76. The zero-order chi connectivity index (χ0) is 29.6. The molecular weight excluding hydrogens is 530 g/mol. The van der Waals surface area contributed by atoms with Gasteiger partial charge >= 0.3 is 0 Å². The van der Waals surface area contributed by atoms with E-state index in [0.717, 1.165) is 54.8 Å². The molecule has 6 heteroatoms. The number of ether oxygens (including phenoxy) is 1. The molecule has 0 radical (unpaired) electrons. The molecule has 0 N–H and O–H groups in total. The van der Waals surface area contributed by atoms with Gasteiger partial charge in [0.2, 0.25) is 0 Å². The van der Waals surface area contributed by atoms with Gasteiger partial charge in [0, 0.05) is 41.2 Å². The van der Waals surface area contributed by atoms with Crippen LogP contribution in [0.5, 0.6) is 11.5 Å². The van der Waals surface area contributed by atoms with Gasteiger partial charge in [0.25, 0.3) is 0 Å². The van der Waals surface area contributed by atoms with Gasteiger partial charge in [0.1, 0.15) is 23.0 Å². The summed E-state index contributed by atoms with van der Waals surface area (Å²) < 4.78 is 10.3. The van der Waals surface area contributed by atoms with Gasteiger partial charge in [-0.15, -0.1) is 0 Å². The average molecular weight is 563 g/mol. The third-order valence-corrected chi connectivity index (χ3v) is 9.05. The fourth-order valence-electron chi connectivity index (χ4n) is 6.99. The number of nitriles is 1. The highest BCUT2D eigenvalue weighted by atomic mass is 16.5. The zero-order valence-electron chi connectivity index (χ0n) is 24.7. The van der Waals surface area contributed by atoms with Crippen LogP contribution < -0.4 is 13.7 Å². The Morgan fingerprint density at radius 1 is 0.837 bits per heavy atom. The first kappa shape index (κ1) is 25.7. The number of quaternary nitrogens is 2. The molecule has 3 aliphatic heterocycles. The van der Waals surface area contributed by atoms with E-state index < -0.39 is 0 Å². The molecule has 3 aliphatic rings. The van der Waals surface area contributed by atoms with Crippen LogP contribution >= 0.6 is 0 Å². The first-order chi connectivity index (χ1) is 20.7. The minimum atomic E-state index is -0.0181. The molecule has 210 valence electrons. The zero-order valence-corrected chi connectivity index (χ0v) is 24.7. The Kier molecular flexibility index (Phi) is 5.25. The Balaban J connectivity index is 1.23. The predicted octanol–water partition coefficient (Wildman–Crippen LogP) is 8.82. The van der Waals surface area contributed by atoms with Crippen LogP contribution in [-0.4, -0.2) is 23.3 Å². The lowest BCUT2D eigenvalue weighted by Gasteiger charge is -2.54. The summed E-state index contributed by atoms with van der Waals surface area (Å²) in [5.74, 6) is 2.39. The molecule has 0 aliphatic carbocycles. The SMILES string of the molecule is CC(C)(C)c1ccnc(-n2c3ccc(C#N)cc3c3ccc(Oc4cccc([N@@+]56[CH-][N@@+](C)(C5)c5ccccc56)c4)cc32)c1. The monoisotopic (exact) mass is 562 g/mol. The summed E-state index contributed by atoms with van der Waals surface area (Å²) in [5, 5.41) is 11.7. The molecule has 0 spiro atoms. The number of pyridine rings is 1. The molecule has 2 atom stereocenters. The minimum Gasteiger partial charge on any atom is -0.457 e. The van der Waals surface area contributed by atoms with Gasteiger partial charge in [-0.1, -0.05) is 39.0 Å². The van der Waals surface area contributed by atoms with Crippen LogP contribution in [0.15, 0.2) is 103 Å². The van der Waals surface area contributed by atoms with Crippen LogP contribution in [0, 0.1) is 18.0 Å². The molecule has 4 aromatic carbocycles. The summed E-state index contributed by atoms with van der Waals surface area (Å²) in [6.45, 7) is 9.99. The van der Waals surface area contributed by atoms with E-state index in [1.807, 2.05) is 36.5 Å². The van der Waals surface area contributed by atoms with Gasteiger partial charge in [-0.05, 0) is 65.6 Å². The van der Waals surface area contributed by atoms with Crippen molar-refractivity contribution in [3.63, 3.8) is 0 Å². The second-order valence-electron chi connectivity index (χ2n) is 13.0. The van der Waals surface area contributed by atoms with Crippen molar-refractivity contribution in [2.75, 3.05) is 13.7 Å². The Morgan fingerprint density at radius 3 is 2.42 bits per heavy atom. The Labute approximate surface area is 251 Å². The fraction of sp³-hybridized carbons (Fsp3) is 0.162. The minimum absolute atomic E-state index is 0.0181. The second-order valence-corrected chi connectivity index (χ2v) is 13.0. The number of hydrogen-bond acceptors (Lipinski definition) is 3. The maximum absolute atomic E-state index is 9.62. The smallest absolute Gasteiger partial charge is 0.181 e. The molecular formula is C37H32N5O+. The van der Waals surface area contributed by atoms with Gasteiger partial charge in [0.15, 0.2) is 18.0 Å². The lowest BCUT2D eigenvalue weighted by Crippen LogP contribution is -2.68. The molecule has 2 bridgehead atoms. The maximum Gasteiger partial charge on any atom is 0.181 e. The van der Waals surface area contributed by atoms with Gasteiger partial charge < -0.3 is 9.22 Å². The van der Waals surface area contributed by atoms with Crippen molar-refractivity contribution < 1.29 is 4.74 Å². The van der Waals surface area contributed by atoms with Crippen molar-refractivity contribution in [1.82, 2.24) is 18.5 Å². The Bertz CT molecular complexity index is 2140. The van der Waals surface area contributed by atoms with Crippen LogP contribution in [-0.2, 0) is 5.41 Å². The fourth-order valence-corrected chi connectivity index (χ4v) is 6.99. The predicted molar refractivity (Wildman–Crippen MR) is 173 cm³/mol. The van der Waals surface area contributed by atoms with E-state index in [2.05, 4.69) is 112 Å². The van der Waals surface area contributed by atoms with Crippen LogP contribution in [0.4, 0.5) is 17.1 Å². The summed E-state index contributed by atoms with van der Waals surface area (Å²) in [5.41, 5.74) is 7.69. The molecule has 6 nitrogen and oxygen atoms in total. The number of fused-ring (bicyclic) bond motifs is 3. The first-order valence-electron chi connectivity index (χ1n) is 14.6. The maximum atomic E-state index is 9.62. The van der Waals surface area contributed by atoms with Crippen molar-refractivity contribution in [1.29, 1.82) is 5.26 Å². The van der Waals surface area contributed by atoms with E-state index >= 15 is 0 Å². The van der Waals surface area contributed by atoms with Crippen molar-refractivity contribution in [2.45, 2.75) is 26.2 Å². The number of rotatable bonds is 4. The van der Waals surface area contributed by atoms with Gasteiger partial charge in [0.05, 0.1) is 36.4 Å². The molecule has 2 aromatic heterocycles. The highest BCUT2D eigenvalue weighted by Crippen LogP contribution is 2.60. The normalized spacial score (nSPS) is 20.5. The molecule has 1 saturated heterocycles. The molecule has 6 aromatic rings. The number of benzene rings is 4. The molecule has 1 fully saturated rings. The van der Waals surface area contributed by atoms with Crippen LogP contribution in [0.1, 0.15) is 31.9 Å². The largest absolute Gasteiger partial charge is 0.457 e. The molecule has 0 unspecified atom stereocenters. The summed E-state index contributed by atoms with van der Waals surface area (Å²) in [6, 6.07) is 35.7. The summed E-state index contributed by atoms with van der Waals surface area (Å²) in [4.78, 5) is 4.79. The molecule has 43 heavy (non-hydrogen) atoms. The van der Waals surface area contributed by atoms with Crippen molar-refractivity contribution in [2.24, 2.45) is 0 Å². The topological polar surface area (TPSA) is 50.8 Å².